The van der Waals surface area contributed by atoms with E-state index in [0.29, 0.717) is 10.8 Å². The Bertz CT molecular complexity index is 1030. The molecule has 0 aliphatic carbocycles. The molecule has 0 atom stereocenters. The zero-order valence-electron chi connectivity index (χ0n) is 13.7. The Balaban J connectivity index is 2.03. The van der Waals surface area contributed by atoms with E-state index in [2.05, 4.69) is 5.32 Å². The van der Waals surface area contributed by atoms with Gasteiger partial charge in [0.1, 0.15) is 5.75 Å². The number of rotatable bonds is 4. The van der Waals surface area contributed by atoms with E-state index >= 15 is 0 Å². The molecule has 0 saturated heterocycles. The van der Waals surface area contributed by atoms with Crippen LogP contribution in [0.5, 0.6) is 11.5 Å². The molecule has 0 fully saturated rings. The van der Waals surface area contributed by atoms with E-state index in [1.807, 2.05) is 0 Å². The molecule has 0 aliphatic rings. The number of ether oxygens (including phenoxy) is 1. The number of hydrogen-bond acceptors (Lipinski definition) is 6. The van der Waals surface area contributed by atoms with Gasteiger partial charge < -0.3 is 20.9 Å². The topological polar surface area (TPSA) is 128 Å². The Kier molecular flexibility index (Phi) is 4.32. The monoisotopic (exact) mass is 353 g/mol. The molecule has 26 heavy (non-hydrogen) atoms. The number of nitrogens with zero attached hydrogens (tertiary/aromatic N) is 1. The maximum absolute atomic E-state index is 12.6. The smallest absolute Gasteiger partial charge is 0.271 e. The fourth-order valence-electron chi connectivity index (χ4n) is 2.63. The number of nitro benzene ring substituents is 1. The van der Waals surface area contributed by atoms with E-state index in [0.717, 1.165) is 0 Å². The summed E-state index contributed by atoms with van der Waals surface area (Å²) in [6, 6.07) is 12.4. The molecule has 8 nitrogen and oxygen atoms in total. The van der Waals surface area contributed by atoms with Crippen LogP contribution in [0.2, 0.25) is 0 Å². The van der Waals surface area contributed by atoms with Gasteiger partial charge in [0, 0.05) is 17.5 Å². The second kappa shape index (κ2) is 6.60. The third kappa shape index (κ3) is 2.95. The zero-order valence-corrected chi connectivity index (χ0v) is 13.7. The molecule has 0 aromatic heterocycles. The fraction of sp³-hybridized carbons (Fsp3) is 0.0556. The van der Waals surface area contributed by atoms with Crippen LogP contribution in [-0.4, -0.2) is 23.0 Å². The number of benzene rings is 3. The van der Waals surface area contributed by atoms with Crippen LogP contribution in [0.3, 0.4) is 0 Å². The standard InChI is InChI=1S/C18H15N3O5/c1-26-15-7-6-11(21(24)25)9-14(15)20-18(23)13-8-10-4-2-3-5-12(10)16(19)17(13)22/h2-9,22H,19H2,1H3,(H,20,23). The Labute approximate surface area is 148 Å². The minimum absolute atomic E-state index is 0.0465. The molecule has 3 aromatic carbocycles. The lowest BCUT2D eigenvalue weighted by Crippen LogP contribution is -2.14. The average Bonchev–Trinajstić information content (AvgIpc) is 2.64. The highest BCUT2D eigenvalue weighted by Crippen LogP contribution is 2.35. The first kappa shape index (κ1) is 17.0. The van der Waals surface area contributed by atoms with Gasteiger partial charge in [-0.1, -0.05) is 24.3 Å². The summed E-state index contributed by atoms with van der Waals surface area (Å²) in [6.07, 6.45) is 0. The van der Waals surface area contributed by atoms with Crippen molar-refractivity contribution in [3.05, 3.63) is 64.2 Å². The van der Waals surface area contributed by atoms with Crippen LogP contribution in [0, 0.1) is 10.1 Å². The van der Waals surface area contributed by atoms with Crippen LogP contribution < -0.4 is 15.8 Å². The molecule has 1 amide bonds. The van der Waals surface area contributed by atoms with Gasteiger partial charge in [0.15, 0.2) is 5.75 Å². The molecule has 3 aromatic rings. The first-order chi connectivity index (χ1) is 12.4. The maximum atomic E-state index is 12.6. The highest BCUT2D eigenvalue weighted by atomic mass is 16.6. The molecule has 4 N–H and O–H groups in total. The van der Waals surface area contributed by atoms with Crippen LogP contribution in [0.15, 0.2) is 48.5 Å². The van der Waals surface area contributed by atoms with Crippen molar-refractivity contribution in [1.29, 1.82) is 0 Å². The number of nitrogens with two attached hydrogens (primary N) is 1. The second-order valence-electron chi connectivity index (χ2n) is 5.50. The molecule has 8 heteroatoms. The predicted molar refractivity (Wildman–Crippen MR) is 97.6 cm³/mol. The molecule has 0 spiro atoms. The van der Waals surface area contributed by atoms with Gasteiger partial charge in [-0.3, -0.25) is 14.9 Å². The minimum atomic E-state index is -0.668. The van der Waals surface area contributed by atoms with Crippen molar-refractivity contribution < 1.29 is 19.6 Å². The number of nitro groups is 1. The molecular formula is C18H15N3O5. The third-order valence-electron chi connectivity index (χ3n) is 3.95. The number of carbonyl (C=O) groups excluding carboxylic acids is 1. The molecule has 0 bridgehead atoms. The second-order valence-corrected chi connectivity index (χ2v) is 5.50. The van der Waals surface area contributed by atoms with Gasteiger partial charge in [0.2, 0.25) is 0 Å². The van der Waals surface area contributed by atoms with Crippen molar-refractivity contribution in [3.8, 4) is 11.5 Å². The number of aromatic hydroxyl groups is 1. The molecule has 0 saturated carbocycles. The van der Waals surface area contributed by atoms with Gasteiger partial charge >= 0.3 is 0 Å². The average molecular weight is 353 g/mol. The Morgan fingerprint density at radius 2 is 1.96 bits per heavy atom. The summed E-state index contributed by atoms with van der Waals surface area (Å²) in [6.45, 7) is 0. The highest BCUT2D eigenvalue weighted by molar-refractivity contribution is 6.12. The summed E-state index contributed by atoms with van der Waals surface area (Å²) in [5, 5.41) is 25.1. The number of non-ortho nitro benzene ring substituents is 1. The number of fused-ring (bicyclic) bond motifs is 1. The van der Waals surface area contributed by atoms with Gasteiger partial charge in [-0.2, -0.15) is 0 Å². The summed E-state index contributed by atoms with van der Waals surface area (Å²) in [5.74, 6) is -0.776. The first-order valence-electron chi connectivity index (χ1n) is 7.56. The third-order valence-corrected chi connectivity index (χ3v) is 3.95. The lowest BCUT2D eigenvalue weighted by atomic mass is 10.0. The molecule has 0 heterocycles. The number of phenols is 1. The van der Waals surface area contributed by atoms with E-state index in [-0.39, 0.29) is 34.1 Å². The summed E-state index contributed by atoms with van der Waals surface area (Å²) >= 11 is 0. The Morgan fingerprint density at radius 1 is 1.23 bits per heavy atom. The van der Waals surface area contributed by atoms with Crippen LogP contribution in [0.25, 0.3) is 10.8 Å². The molecule has 0 unspecified atom stereocenters. The number of carbonyl (C=O) groups is 1. The summed E-state index contributed by atoms with van der Waals surface area (Å²) in [4.78, 5) is 23.0. The highest BCUT2D eigenvalue weighted by Gasteiger charge is 2.19. The number of nitrogens with one attached hydrogen (secondary N) is 1. The molecule has 132 valence electrons. The van der Waals surface area contributed by atoms with Crippen LogP contribution >= 0.6 is 0 Å². The number of methoxy groups -OCH3 is 1. The van der Waals surface area contributed by atoms with Crippen molar-refractivity contribution in [1.82, 2.24) is 0 Å². The quantitative estimate of drug-likeness (QED) is 0.286. The van der Waals surface area contributed by atoms with E-state index in [1.54, 1.807) is 24.3 Å². The summed E-state index contributed by atoms with van der Waals surface area (Å²) in [5.41, 5.74) is 5.87. The number of phenolic OH excluding ortho intramolecular Hbond substituents is 1. The van der Waals surface area contributed by atoms with E-state index < -0.39 is 10.8 Å². The largest absolute Gasteiger partial charge is 0.505 e. The summed E-state index contributed by atoms with van der Waals surface area (Å²) < 4.78 is 5.12. The van der Waals surface area contributed by atoms with E-state index in [1.165, 1.54) is 31.4 Å². The van der Waals surface area contributed by atoms with Gasteiger partial charge in [0.25, 0.3) is 11.6 Å². The fourth-order valence-corrected chi connectivity index (χ4v) is 2.63. The first-order valence-corrected chi connectivity index (χ1v) is 7.56. The van der Waals surface area contributed by atoms with Gasteiger partial charge in [-0.15, -0.1) is 0 Å². The molecule has 0 radical (unpaired) electrons. The maximum Gasteiger partial charge on any atom is 0.271 e. The van der Waals surface area contributed by atoms with E-state index in [9.17, 15) is 20.0 Å². The number of hydrogen-bond donors (Lipinski definition) is 3. The number of amides is 1. The zero-order chi connectivity index (χ0) is 18.8. The van der Waals surface area contributed by atoms with Crippen molar-refractivity contribution in [2.75, 3.05) is 18.2 Å². The predicted octanol–water partition coefficient (Wildman–Crippen LogP) is 3.30. The number of nitrogen functional groups attached to an aromatic ring is 1. The van der Waals surface area contributed by atoms with Crippen LogP contribution in [-0.2, 0) is 0 Å². The van der Waals surface area contributed by atoms with Crippen molar-refractivity contribution in [2.45, 2.75) is 0 Å². The Hall–Kier alpha value is -3.81. The summed E-state index contributed by atoms with van der Waals surface area (Å²) in [7, 11) is 1.38. The lowest BCUT2D eigenvalue weighted by molar-refractivity contribution is -0.384. The normalized spacial score (nSPS) is 10.5. The minimum Gasteiger partial charge on any atom is -0.505 e. The molecule has 3 rings (SSSR count). The van der Waals surface area contributed by atoms with Gasteiger partial charge in [-0.05, 0) is 17.5 Å². The van der Waals surface area contributed by atoms with Gasteiger partial charge in [0.05, 0.1) is 29.0 Å². The van der Waals surface area contributed by atoms with Crippen LogP contribution in [0.4, 0.5) is 17.1 Å². The van der Waals surface area contributed by atoms with Crippen molar-refractivity contribution in [3.63, 3.8) is 0 Å². The SMILES string of the molecule is COc1ccc([N+](=O)[O-])cc1NC(=O)c1cc2ccccc2c(N)c1O. The molecular weight excluding hydrogens is 338 g/mol. The van der Waals surface area contributed by atoms with Crippen molar-refractivity contribution in [2.24, 2.45) is 0 Å². The van der Waals surface area contributed by atoms with Crippen LogP contribution in [0.1, 0.15) is 10.4 Å². The Morgan fingerprint density at radius 3 is 2.65 bits per heavy atom. The lowest BCUT2D eigenvalue weighted by Gasteiger charge is -2.13. The van der Waals surface area contributed by atoms with E-state index in [4.69, 9.17) is 10.5 Å². The van der Waals surface area contributed by atoms with Gasteiger partial charge in [-0.25, -0.2) is 0 Å². The molecule has 0 aliphatic heterocycles. The number of anilines is 2. The van der Waals surface area contributed by atoms with Crippen molar-refractivity contribution >= 4 is 33.7 Å².